The molecular weight excluding hydrogens is 360 g/mol. The number of aromatic nitrogens is 2. The van der Waals surface area contributed by atoms with E-state index in [-0.39, 0.29) is 0 Å². The summed E-state index contributed by atoms with van der Waals surface area (Å²) in [5, 5.41) is 4.31. The number of benzene rings is 2. The lowest BCUT2D eigenvalue weighted by molar-refractivity contribution is 0.428. The Balaban J connectivity index is 1.79. The van der Waals surface area contributed by atoms with Gasteiger partial charge in [-0.2, -0.15) is 0 Å². The number of rotatable bonds is 8. The molecule has 0 saturated carbocycles. The summed E-state index contributed by atoms with van der Waals surface area (Å²) < 4.78 is 24.9. The largest absolute Gasteiger partial charge is 0.369 e. The summed E-state index contributed by atoms with van der Waals surface area (Å²) in [6.07, 6.45) is 1.94. The normalized spacial score (nSPS) is 11.8. The number of fused-ring (bicyclic) bond motifs is 1. The van der Waals surface area contributed by atoms with Crippen molar-refractivity contribution in [2.24, 2.45) is 0 Å². The van der Waals surface area contributed by atoms with Crippen LogP contribution in [0.5, 0.6) is 0 Å². The average molecular weight is 385 g/mol. The summed E-state index contributed by atoms with van der Waals surface area (Å²) in [7, 11) is -3.16. The lowest BCUT2D eigenvalue weighted by Gasteiger charge is -2.18. The Morgan fingerprint density at radius 2 is 1.70 bits per heavy atom. The van der Waals surface area contributed by atoms with Crippen molar-refractivity contribution in [3.8, 4) is 11.4 Å². The van der Waals surface area contributed by atoms with Crippen molar-refractivity contribution >= 4 is 26.7 Å². The average Bonchev–Trinajstić information content (AvgIpc) is 2.67. The lowest BCUT2D eigenvalue weighted by atomic mass is 10.2. The minimum Gasteiger partial charge on any atom is -0.369 e. The summed E-state index contributed by atoms with van der Waals surface area (Å²) in [5.41, 5.74) is 1.83. The van der Waals surface area contributed by atoms with Crippen molar-refractivity contribution in [2.75, 3.05) is 31.2 Å². The molecule has 0 bridgehead atoms. The fraction of sp³-hybridized carbons (Fsp3) is 0.300. The molecule has 0 saturated heterocycles. The zero-order valence-corrected chi connectivity index (χ0v) is 16.4. The van der Waals surface area contributed by atoms with Crippen LogP contribution in [0.2, 0.25) is 0 Å². The maximum Gasteiger partial charge on any atom is 0.211 e. The summed E-state index contributed by atoms with van der Waals surface area (Å²) in [5.74, 6) is 1.44. The zero-order chi connectivity index (χ0) is 19.3. The number of hydrogen-bond acceptors (Lipinski definition) is 5. The molecule has 1 N–H and O–H groups in total. The van der Waals surface area contributed by atoms with Crippen molar-refractivity contribution in [1.82, 2.24) is 14.3 Å². The first-order chi connectivity index (χ1) is 13.0. The van der Waals surface area contributed by atoms with Crippen LogP contribution < -0.4 is 5.32 Å². The van der Waals surface area contributed by atoms with Gasteiger partial charge < -0.3 is 5.32 Å². The monoisotopic (exact) mass is 384 g/mol. The molecule has 0 amide bonds. The predicted molar refractivity (Wildman–Crippen MR) is 110 cm³/mol. The van der Waals surface area contributed by atoms with Gasteiger partial charge in [0.05, 0.1) is 11.8 Å². The first kappa shape index (κ1) is 19.3. The summed E-state index contributed by atoms with van der Waals surface area (Å²) in [6.45, 7) is 3.43. The lowest BCUT2D eigenvalue weighted by Crippen LogP contribution is -2.31. The molecule has 0 aliphatic carbocycles. The summed E-state index contributed by atoms with van der Waals surface area (Å²) in [6, 6.07) is 17.7. The van der Waals surface area contributed by atoms with Gasteiger partial charge in [-0.3, -0.25) is 0 Å². The van der Waals surface area contributed by atoms with Crippen molar-refractivity contribution in [1.29, 1.82) is 0 Å². The topological polar surface area (TPSA) is 75.2 Å². The van der Waals surface area contributed by atoms with E-state index in [9.17, 15) is 8.42 Å². The van der Waals surface area contributed by atoms with Gasteiger partial charge in [0.15, 0.2) is 5.82 Å². The minimum atomic E-state index is -3.16. The molecule has 142 valence electrons. The van der Waals surface area contributed by atoms with Gasteiger partial charge in [-0.05, 0) is 18.6 Å². The Kier molecular flexibility index (Phi) is 6.03. The fourth-order valence-electron chi connectivity index (χ4n) is 2.95. The highest BCUT2D eigenvalue weighted by Gasteiger charge is 2.14. The van der Waals surface area contributed by atoms with Gasteiger partial charge in [-0.1, -0.05) is 49.4 Å². The second-order valence-electron chi connectivity index (χ2n) is 6.31. The quantitative estimate of drug-likeness (QED) is 0.603. The van der Waals surface area contributed by atoms with Gasteiger partial charge in [-0.15, -0.1) is 0 Å². The highest BCUT2D eigenvalue weighted by atomic mass is 32.2. The van der Waals surface area contributed by atoms with E-state index >= 15 is 0 Å². The predicted octanol–water partition coefficient (Wildman–Crippen LogP) is 3.38. The smallest absolute Gasteiger partial charge is 0.211 e. The SMILES string of the molecule is CCN(CCCNc1nc(-c2ccccc2)nc2ccccc12)S(C)(=O)=O. The number of anilines is 1. The molecule has 1 aromatic heterocycles. The molecule has 3 aromatic rings. The van der Waals surface area contributed by atoms with E-state index < -0.39 is 10.0 Å². The highest BCUT2D eigenvalue weighted by Crippen LogP contribution is 2.24. The van der Waals surface area contributed by atoms with Crippen LogP contribution >= 0.6 is 0 Å². The molecule has 0 atom stereocenters. The van der Waals surface area contributed by atoms with Crippen molar-refractivity contribution in [3.63, 3.8) is 0 Å². The van der Waals surface area contributed by atoms with E-state index in [1.807, 2.05) is 61.5 Å². The van der Waals surface area contributed by atoms with Crippen LogP contribution in [0.25, 0.3) is 22.3 Å². The van der Waals surface area contributed by atoms with Crippen LogP contribution in [0.1, 0.15) is 13.3 Å². The molecule has 1 heterocycles. The van der Waals surface area contributed by atoms with Crippen molar-refractivity contribution < 1.29 is 8.42 Å². The van der Waals surface area contributed by atoms with E-state index in [4.69, 9.17) is 4.98 Å². The number of hydrogen-bond donors (Lipinski definition) is 1. The summed E-state index contributed by atoms with van der Waals surface area (Å²) in [4.78, 5) is 9.37. The molecule has 6 nitrogen and oxygen atoms in total. The fourth-order valence-corrected chi connectivity index (χ4v) is 3.88. The van der Waals surface area contributed by atoms with E-state index in [0.717, 1.165) is 22.3 Å². The maximum absolute atomic E-state index is 11.7. The molecule has 0 radical (unpaired) electrons. The van der Waals surface area contributed by atoms with Crippen molar-refractivity contribution in [2.45, 2.75) is 13.3 Å². The van der Waals surface area contributed by atoms with Crippen molar-refractivity contribution in [3.05, 3.63) is 54.6 Å². The third-order valence-electron chi connectivity index (χ3n) is 4.33. The van der Waals surface area contributed by atoms with Crippen LogP contribution in [0.4, 0.5) is 5.82 Å². The molecule has 27 heavy (non-hydrogen) atoms. The van der Waals surface area contributed by atoms with E-state index in [1.54, 1.807) is 0 Å². The number of nitrogens with zero attached hydrogens (tertiary/aromatic N) is 3. The molecule has 0 unspecified atom stereocenters. The van der Waals surface area contributed by atoms with E-state index in [2.05, 4.69) is 10.3 Å². The molecule has 0 fully saturated rings. The number of sulfonamides is 1. The number of para-hydroxylation sites is 1. The van der Waals surface area contributed by atoms with Gasteiger partial charge in [-0.25, -0.2) is 22.7 Å². The van der Waals surface area contributed by atoms with Gasteiger partial charge in [0.1, 0.15) is 5.82 Å². The third kappa shape index (κ3) is 4.81. The van der Waals surface area contributed by atoms with Gasteiger partial charge in [0.25, 0.3) is 0 Å². The molecule has 2 aromatic carbocycles. The third-order valence-corrected chi connectivity index (χ3v) is 5.71. The number of nitrogens with one attached hydrogen (secondary N) is 1. The second-order valence-corrected chi connectivity index (χ2v) is 8.30. The maximum atomic E-state index is 11.7. The first-order valence-electron chi connectivity index (χ1n) is 9.00. The second kappa shape index (κ2) is 8.45. The highest BCUT2D eigenvalue weighted by molar-refractivity contribution is 7.88. The Morgan fingerprint density at radius 1 is 1.00 bits per heavy atom. The van der Waals surface area contributed by atoms with Crippen LogP contribution in [0.15, 0.2) is 54.6 Å². The van der Waals surface area contributed by atoms with Crippen LogP contribution in [-0.4, -0.2) is 48.6 Å². The minimum absolute atomic E-state index is 0.480. The van der Waals surface area contributed by atoms with E-state index in [0.29, 0.717) is 31.9 Å². The molecule has 0 aliphatic rings. The van der Waals surface area contributed by atoms with Gasteiger partial charge in [0.2, 0.25) is 10.0 Å². The molecule has 0 aliphatic heterocycles. The Morgan fingerprint density at radius 3 is 2.41 bits per heavy atom. The Labute approximate surface area is 160 Å². The molecular formula is C20H24N4O2S. The first-order valence-corrected chi connectivity index (χ1v) is 10.8. The molecule has 0 spiro atoms. The standard InChI is InChI=1S/C20H24N4O2S/c1-3-24(27(2,25)26)15-9-14-21-20-17-12-7-8-13-18(17)22-19(23-20)16-10-5-4-6-11-16/h4-8,10-13H,3,9,14-15H2,1-2H3,(H,21,22,23). The Hall–Kier alpha value is -2.51. The molecule has 3 rings (SSSR count). The van der Waals surface area contributed by atoms with Crippen LogP contribution in [0, 0.1) is 0 Å². The zero-order valence-electron chi connectivity index (χ0n) is 15.6. The summed E-state index contributed by atoms with van der Waals surface area (Å²) >= 11 is 0. The Bertz CT molecular complexity index is 1010. The van der Waals surface area contributed by atoms with Gasteiger partial charge in [0, 0.05) is 30.6 Å². The van der Waals surface area contributed by atoms with Gasteiger partial charge >= 0.3 is 0 Å². The molecule has 7 heteroatoms. The van der Waals surface area contributed by atoms with Crippen LogP contribution in [-0.2, 0) is 10.0 Å². The van der Waals surface area contributed by atoms with E-state index in [1.165, 1.54) is 10.6 Å². The van der Waals surface area contributed by atoms with Crippen LogP contribution in [0.3, 0.4) is 0 Å².